The number of piperidine rings is 1. The van der Waals surface area contributed by atoms with Gasteiger partial charge in [0.2, 0.25) is 5.91 Å². The van der Waals surface area contributed by atoms with E-state index in [-0.39, 0.29) is 11.9 Å². The number of para-hydroxylation sites is 1. The third-order valence-corrected chi connectivity index (χ3v) is 4.91. The molecular weight excluding hydrogens is 340 g/mol. The topological polar surface area (TPSA) is 69.6 Å². The van der Waals surface area contributed by atoms with E-state index in [1.807, 2.05) is 13.0 Å². The number of nitrogens with zero attached hydrogens (tertiary/aromatic N) is 1. The number of anilines is 1. The molecule has 152 valence electrons. The first-order valence-electron chi connectivity index (χ1n) is 10.2. The van der Waals surface area contributed by atoms with Gasteiger partial charge >= 0.3 is 5.97 Å². The first kappa shape index (κ1) is 23.2. The lowest BCUT2D eigenvalue weighted by molar-refractivity contribution is -0.137. The lowest BCUT2D eigenvalue weighted by atomic mass is 10.00. The third-order valence-electron chi connectivity index (χ3n) is 4.91. The van der Waals surface area contributed by atoms with E-state index in [9.17, 15) is 9.59 Å². The Kier molecular flexibility index (Phi) is 10.7. The van der Waals surface area contributed by atoms with Crippen LogP contribution in [0.5, 0.6) is 0 Å². The number of carbonyl (C=O) groups is 2. The van der Waals surface area contributed by atoms with Crippen LogP contribution >= 0.6 is 0 Å². The molecular formula is C22H36N2O3. The highest BCUT2D eigenvalue weighted by Crippen LogP contribution is 2.23. The Morgan fingerprint density at radius 2 is 1.81 bits per heavy atom. The van der Waals surface area contributed by atoms with Crippen molar-refractivity contribution in [3.05, 3.63) is 29.3 Å². The third kappa shape index (κ3) is 8.12. The first-order valence-corrected chi connectivity index (χ1v) is 10.2. The van der Waals surface area contributed by atoms with Gasteiger partial charge in [-0.2, -0.15) is 0 Å². The van der Waals surface area contributed by atoms with Crippen LogP contribution in [0, 0.1) is 13.8 Å². The minimum absolute atomic E-state index is 0.0457. The second-order valence-electron chi connectivity index (χ2n) is 7.30. The molecule has 1 aromatic carbocycles. The van der Waals surface area contributed by atoms with Gasteiger partial charge in [0.1, 0.15) is 0 Å². The van der Waals surface area contributed by atoms with Crippen LogP contribution in [0.25, 0.3) is 0 Å². The van der Waals surface area contributed by atoms with Gasteiger partial charge in [-0.1, -0.05) is 44.9 Å². The Labute approximate surface area is 164 Å². The molecule has 0 aliphatic carbocycles. The Balaban J connectivity index is 0.000000527. The number of aliphatic carboxylic acids is 1. The molecule has 1 aliphatic rings. The summed E-state index contributed by atoms with van der Waals surface area (Å²) in [5.74, 6) is -0.541. The largest absolute Gasteiger partial charge is 0.481 e. The van der Waals surface area contributed by atoms with Crippen LogP contribution < -0.4 is 5.32 Å². The van der Waals surface area contributed by atoms with E-state index in [0.717, 1.165) is 49.2 Å². The fourth-order valence-corrected chi connectivity index (χ4v) is 3.35. The van der Waals surface area contributed by atoms with E-state index in [0.29, 0.717) is 6.42 Å². The Hall–Kier alpha value is -1.88. The number of aryl methyl sites for hydroxylation is 2. The molecule has 0 spiro atoms. The molecule has 0 radical (unpaired) electrons. The van der Waals surface area contributed by atoms with Crippen molar-refractivity contribution in [2.45, 2.75) is 78.7 Å². The summed E-state index contributed by atoms with van der Waals surface area (Å²) in [5, 5.41) is 11.1. The van der Waals surface area contributed by atoms with E-state index >= 15 is 0 Å². The maximum Gasteiger partial charge on any atom is 0.303 e. The SMILES string of the molecule is CCCC(=O)O.CCCCN1CCCC[C@H]1C(=O)Nc1c(C)cccc1C. The van der Waals surface area contributed by atoms with Crippen molar-refractivity contribution < 1.29 is 14.7 Å². The average Bonchev–Trinajstić information content (AvgIpc) is 2.63. The maximum absolute atomic E-state index is 12.7. The minimum Gasteiger partial charge on any atom is -0.481 e. The monoisotopic (exact) mass is 376 g/mol. The molecule has 0 aromatic heterocycles. The van der Waals surface area contributed by atoms with Gasteiger partial charge in [-0.05, 0) is 63.7 Å². The van der Waals surface area contributed by atoms with Crippen molar-refractivity contribution in [2.75, 3.05) is 18.4 Å². The van der Waals surface area contributed by atoms with Crippen LogP contribution in [-0.4, -0.2) is 41.0 Å². The molecule has 1 heterocycles. The van der Waals surface area contributed by atoms with E-state index in [2.05, 4.69) is 43.1 Å². The van der Waals surface area contributed by atoms with E-state index in [4.69, 9.17) is 5.11 Å². The van der Waals surface area contributed by atoms with Crippen LogP contribution in [-0.2, 0) is 9.59 Å². The van der Waals surface area contributed by atoms with Crippen LogP contribution in [0.2, 0.25) is 0 Å². The first-order chi connectivity index (χ1) is 12.9. The number of benzene rings is 1. The predicted octanol–water partition coefficient (Wildman–Crippen LogP) is 4.77. The number of carboxylic acid groups (broad SMARTS) is 1. The van der Waals surface area contributed by atoms with Gasteiger partial charge in [-0.25, -0.2) is 0 Å². The van der Waals surface area contributed by atoms with Gasteiger partial charge in [0.25, 0.3) is 0 Å². The van der Waals surface area contributed by atoms with Crippen molar-refractivity contribution in [3.63, 3.8) is 0 Å². The highest BCUT2D eigenvalue weighted by molar-refractivity contribution is 5.96. The van der Waals surface area contributed by atoms with E-state index < -0.39 is 5.97 Å². The van der Waals surface area contributed by atoms with Crippen molar-refractivity contribution in [3.8, 4) is 0 Å². The van der Waals surface area contributed by atoms with Gasteiger partial charge < -0.3 is 10.4 Å². The summed E-state index contributed by atoms with van der Waals surface area (Å²) < 4.78 is 0. The molecule has 27 heavy (non-hydrogen) atoms. The number of nitrogens with one attached hydrogen (secondary N) is 1. The molecule has 1 aliphatic heterocycles. The molecule has 0 saturated carbocycles. The molecule has 1 atom stereocenters. The number of carbonyl (C=O) groups excluding carboxylic acids is 1. The number of amides is 1. The van der Waals surface area contributed by atoms with E-state index in [1.54, 1.807) is 0 Å². The lowest BCUT2D eigenvalue weighted by Crippen LogP contribution is -2.47. The van der Waals surface area contributed by atoms with Crippen molar-refractivity contribution in [1.29, 1.82) is 0 Å². The van der Waals surface area contributed by atoms with Gasteiger partial charge in [-0.15, -0.1) is 0 Å². The molecule has 2 N–H and O–H groups in total. The van der Waals surface area contributed by atoms with Gasteiger partial charge in [0.05, 0.1) is 6.04 Å². The zero-order valence-electron chi connectivity index (χ0n) is 17.4. The van der Waals surface area contributed by atoms with Crippen LogP contribution in [0.15, 0.2) is 18.2 Å². The number of hydrogen-bond donors (Lipinski definition) is 2. The highest BCUT2D eigenvalue weighted by atomic mass is 16.4. The summed E-state index contributed by atoms with van der Waals surface area (Å²) in [4.78, 5) is 24.7. The fourth-order valence-electron chi connectivity index (χ4n) is 3.35. The van der Waals surface area contributed by atoms with Gasteiger partial charge in [0, 0.05) is 12.1 Å². The normalized spacial score (nSPS) is 17.0. The molecule has 2 rings (SSSR count). The second-order valence-corrected chi connectivity index (χ2v) is 7.30. The summed E-state index contributed by atoms with van der Waals surface area (Å²) in [6.45, 7) is 10.3. The Morgan fingerprint density at radius 3 is 2.33 bits per heavy atom. The van der Waals surface area contributed by atoms with Crippen molar-refractivity contribution in [1.82, 2.24) is 4.90 Å². The minimum atomic E-state index is -0.711. The molecule has 1 fully saturated rings. The molecule has 0 unspecified atom stereocenters. The number of likely N-dealkylation sites (tertiary alicyclic amines) is 1. The smallest absolute Gasteiger partial charge is 0.303 e. The summed E-state index contributed by atoms with van der Waals surface area (Å²) in [7, 11) is 0. The molecule has 5 heteroatoms. The number of hydrogen-bond acceptors (Lipinski definition) is 3. The van der Waals surface area contributed by atoms with Crippen LogP contribution in [0.3, 0.4) is 0 Å². The van der Waals surface area contributed by atoms with Crippen LogP contribution in [0.1, 0.15) is 69.9 Å². The van der Waals surface area contributed by atoms with E-state index in [1.165, 1.54) is 19.3 Å². The van der Waals surface area contributed by atoms with Crippen molar-refractivity contribution >= 4 is 17.6 Å². The quantitative estimate of drug-likeness (QED) is 0.719. The lowest BCUT2D eigenvalue weighted by Gasteiger charge is -2.34. The number of unbranched alkanes of at least 4 members (excludes halogenated alkanes) is 1. The highest BCUT2D eigenvalue weighted by Gasteiger charge is 2.28. The standard InChI is InChI=1S/C18H28N2O.C4H8O2/c1-4-5-12-20-13-7-6-11-16(20)18(21)19-17-14(2)9-8-10-15(17)3;1-2-3-4(5)6/h8-10,16H,4-7,11-13H2,1-3H3,(H,19,21);2-3H2,1H3,(H,5,6)/t16-;/m0./s1. The maximum atomic E-state index is 12.7. The molecule has 1 aromatic rings. The molecule has 0 bridgehead atoms. The Bertz CT molecular complexity index is 581. The zero-order valence-corrected chi connectivity index (χ0v) is 17.4. The second kappa shape index (κ2) is 12.5. The average molecular weight is 377 g/mol. The zero-order chi connectivity index (χ0) is 20.2. The summed E-state index contributed by atoms with van der Waals surface area (Å²) in [5.41, 5.74) is 3.27. The summed E-state index contributed by atoms with van der Waals surface area (Å²) in [6.07, 6.45) is 6.75. The van der Waals surface area contributed by atoms with Crippen LogP contribution in [0.4, 0.5) is 5.69 Å². The van der Waals surface area contributed by atoms with Gasteiger partial charge in [-0.3, -0.25) is 14.5 Å². The number of rotatable bonds is 7. The number of carboxylic acids is 1. The summed E-state index contributed by atoms with van der Waals surface area (Å²) >= 11 is 0. The van der Waals surface area contributed by atoms with Crippen molar-refractivity contribution in [2.24, 2.45) is 0 Å². The predicted molar refractivity (Wildman–Crippen MR) is 111 cm³/mol. The molecule has 5 nitrogen and oxygen atoms in total. The fraction of sp³-hybridized carbons (Fsp3) is 0.636. The Morgan fingerprint density at radius 1 is 1.15 bits per heavy atom. The molecule has 1 amide bonds. The summed E-state index contributed by atoms with van der Waals surface area (Å²) in [6, 6.07) is 6.19. The molecule has 1 saturated heterocycles. The van der Waals surface area contributed by atoms with Gasteiger partial charge in [0.15, 0.2) is 0 Å².